The Hall–Kier alpha value is -1.20. The molecule has 0 saturated carbocycles. The third-order valence-electron chi connectivity index (χ3n) is 3.18. The second-order valence-corrected chi connectivity index (χ2v) is 7.78. The van der Waals surface area contributed by atoms with Gasteiger partial charge in [-0.05, 0) is 18.4 Å². The molecule has 0 atom stereocenters. The Bertz CT molecular complexity index is 670. The number of halogens is 1. The van der Waals surface area contributed by atoms with Gasteiger partial charge in [0.25, 0.3) is 0 Å². The Morgan fingerprint density at radius 1 is 1.36 bits per heavy atom. The van der Waals surface area contributed by atoms with Gasteiger partial charge in [-0.1, -0.05) is 6.07 Å². The van der Waals surface area contributed by atoms with E-state index in [1.54, 1.807) is 41.7 Å². The first-order valence-corrected chi connectivity index (χ1v) is 9.40. The molecule has 1 amide bonds. The van der Waals surface area contributed by atoms with Gasteiger partial charge >= 0.3 is 0 Å². The molecule has 0 spiro atoms. The van der Waals surface area contributed by atoms with Gasteiger partial charge in [0, 0.05) is 43.0 Å². The summed E-state index contributed by atoms with van der Waals surface area (Å²) >= 11 is 3.39. The highest BCUT2D eigenvalue weighted by Gasteiger charge is 2.06. The predicted molar refractivity (Wildman–Crippen MR) is 116 cm³/mol. The number of carbonyl (C=O) groups is 1. The average Bonchev–Trinajstić information content (AvgIpc) is 3.20. The van der Waals surface area contributed by atoms with Gasteiger partial charge in [-0.15, -0.1) is 46.7 Å². The molecular weight excluding hydrogens is 469 g/mol. The topological polar surface area (TPSA) is 69.6 Å². The van der Waals surface area contributed by atoms with Gasteiger partial charge in [0.1, 0.15) is 6.54 Å². The number of carbonyl (C=O) groups excluding carboxylic acids is 1. The molecule has 25 heavy (non-hydrogen) atoms. The maximum absolute atomic E-state index is 11.7. The first-order chi connectivity index (χ1) is 11.5. The van der Waals surface area contributed by atoms with E-state index in [9.17, 15) is 4.79 Å². The van der Waals surface area contributed by atoms with Crippen molar-refractivity contribution < 1.29 is 4.79 Å². The van der Waals surface area contributed by atoms with E-state index >= 15 is 0 Å². The van der Waals surface area contributed by atoms with Crippen molar-refractivity contribution >= 4 is 58.5 Å². The zero-order valence-corrected chi connectivity index (χ0v) is 18.6. The minimum absolute atomic E-state index is 0. The minimum Gasteiger partial charge on any atom is -0.356 e. The molecule has 0 unspecified atom stereocenters. The van der Waals surface area contributed by atoms with Gasteiger partial charge in [0.15, 0.2) is 5.96 Å². The molecule has 0 aliphatic heterocycles. The maximum atomic E-state index is 11.7. The van der Waals surface area contributed by atoms with Crippen LogP contribution in [0.4, 0.5) is 0 Å². The molecule has 6 nitrogen and oxygen atoms in total. The highest BCUT2D eigenvalue weighted by Crippen LogP contribution is 2.11. The number of hydrogen-bond acceptors (Lipinski definition) is 5. The third-order valence-corrected chi connectivity index (χ3v) is 5.03. The lowest BCUT2D eigenvalue weighted by atomic mass is 10.4. The fraction of sp³-hybridized carbons (Fsp3) is 0.438. The molecule has 0 radical (unpaired) electrons. The van der Waals surface area contributed by atoms with E-state index in [2.05, 4.69) is 33.6 Å². The van der Waals surface area contributed by atoms with Crippen molar-refractivity contribution in [1.29, 1.82) is 0 Å². The van der Waals surface area contributed by atoms with E-state index in [0.717, 1.165) is 18.0 Å². The Balaban J connectivity index is 0.00000312. The first kappa shape index (κ1) is 21.8. The quantitative estimate of drug-likeness (QED) is 0.354. The number of likely N-dealkylation sites (N-methyl/N-ethyl adjacent to an activating group) is 1. The average molecular weight is 493 g/mol. The molecule has 0 fully saturated rings. The molecule has 2 heterocycles. The number of nitrogens with zero attached hydrogens (tertiary/aromatic N) is 3. The number of aryl methyl sites for hydroxylation is 1. The Labute approximate surface area is 173 Å². The van der Waals surface area contributed by atoms with E-state index in [1.165, 1.54) is 9.75 Å². The summed E-state index contributed by atoms with van der Waals surface area (Å²) in [7, 11) is 3.46. The van der Waals surface area contributed by atoms with E-state index in [-0.39, 0.29) is 36.4 Å². The number of amides is 1. The van der Waals surface area contributed by atoms with Gasteiger partial charge in [-0.25, -0.2) is 9.98 Å². The van der Waals surface area contributed by atoms with Crippen molar-refractivity contribution in [3.63, 3.8) is 0 Å². The molecule has 0 bridgehead atoms. The second-order valence-electron chi connectivity index (χ2n) is 5.43. The molecule has 2 aromatic rings. The van der Waals surface area contributed by atoms with Crippen molar-refractivity contribution in [2.24, 2.45) is 4.99 Å². The number of thiazole rings is 1. The van der Waals surface area contributed by atoms with Crippen molar-refractivity contribution in [2.75, 3.05) is 27.2 Å². The van der Waals surface area contributed by atoms with Crippen LogP contribution >= 0.6 is 46.7 Å². The first-order valence-electron chi connectivity index (χ1n) is 7.70. The predicted octanol–water partition coefficient (Wildman–Crippen LogP) is 2.50. The number of guanidine groups is 1. The van der Waals surface area contributed by atoms with Crippen molar-refractivity contribution in [2.45, 2.75) is 19.9 Å². The zero-order valence-electron chi connectivity index (χ0n) is 14.6. The Kier molecular flexibility index (Phi) is 9.98. The monoisotopic (exact) mass is 493 g/mol. The molecule has 2 N–H and O–H groups in total. The Morgan fingerprint density at radius 2 is 2.16 bits per heavy atom. The van der Waals surface area contributed by atoms with Crippen LogP contribution in [-0.2, 0) is 17.8 Å². The molecule has 2 rings (SSSR count). The lowest BCUT2D eigenvalue weighted by Crippen LogP contribution is -2.39. The van der Waals surface area contributed by atoms with E-state index in [4.69, 9.17) is 0 Å². The molecule has 0 saturated heterocycles. The van der Waals surface area contributed by atoms with Gasteiger partial charge < -0.3 is 15.5 Å². The lowest BCUT2D eigenvalue weighted by Gasteiger charge is -2.13. The smallest absolute Gasteiger partial charge is 0.243 e. The number of rotatable bonds is 7. The van der Waals surface area contributed by atoms with Crippen LogP contribution in [0.2, 0.25) is 0 Å². The van der Waals surface area contributed by atoms with Crippen LogP contribution in [0.3, 0.4) is 0 Å². The van der Waals surface area contributed by atoms with Crippen LogP contribution in [0.15, 0.2) is 28.7 Å². The van der Waals surface area contributed by atoms with Gasteiger partial charge in [-0.3, -0.25) is 4.79 Å². The second kappa shape index (κ2) is 11.4. The number of hydrogen-bond donors (Lipinski definition) is 2. The van der Waals surface area contributed by atoms with Crippen LogP contribution in [0, 0.1) is 6.92 Å². The summed E-state index contributed by atoms with van der Waals surface area (Å²) in [5.74, 6) is 0.620. The third kappa shape index (κ3) is 8.15. The zero-order chi connectivity index (χ0) is 17.4. The van der Waals surface area contributed by atoms with Crippen molar-refractivity contribution in [3.8, 4) is 0 Å². The summed E-state index contributed by atoms with van der Waals surface area (Å²) in [4.78, 5) is 24.4. The van der Waals surface area contributed by atoms with Crippen molar-refractivity contribution in [1.82, 2.24) is 20.5 Å². The number of nitrogens with one attached hydrogen (secondary N) is 2. The minimum atomic E-state index is -0.0252. The maximum Gasteiger partial charge on any atom is 0.243 e. The van der Waals surface area contributed by atoms with Gasteiger partial charge in [0.05, 0.1) is 11.6 Å². The summed E-state index contributed by atoms with van der Waals surface area (Å²) in [5.41, 5.74) is 0. The van der Waals surface area contributed by atoms with Gasteiger partial charge in [-0.2, -0.15) is 0 Å². The summed E-state index contributed by atoms with van der Waals surface area (Å²) in [5, 5.41) is 9.69. The fourth-order valence-electron chi connectivity index (χ4n) is 1.85. The normalized spacial score (nSPS) is 10.9. The molecule has 9 heteroatoms. The number of aliphatic imine (C=N–C) groups is 1. The van der Waals surface area contributed by atoms with Crippen LogP contribution in [-0.4, -0.2) is 48.9 Å². The molecule has 0 aliphatic rings. The van der Waals surface area contributed by atoms with Crippen molar-refractivity contribution in [3.05, 3.63) is 38.5 Å². The molecule has 2 aromatic heterocycles. The molecule has 138 valence electrons. The summed E-state index contributed by atoms with van der Waals surface area (Å²) < 4.78 is 0. The van der Waals surface area contributed by atoms with E-state index in [1.807, 2.05) is 17.6 Å². The summed E-state index contributed by atoms with van der Waals surface area (Å²) in [6.45, 7) is 3.59. The SMILES string of the molecule is Cc1cnc(CCNC(=NCC(=O)N(C)C)NCc2cccs2)s1.I. The fourth-order valence-corrected chi connectivity index (χ4v) is 3.28. The summed E-state index contributed by atoms with van der Waals surface area (Å²) in [6.07, 6.45) is 2.72. The van der Waals surface area contributed by atoms with E-state index < -0.39 is 0 Å². The van der Waals surface area contributed by atoms with Crippen LogP contribution in [0.25, 0.3) is 0 Å². The Morgan fingerprint density at radius 3 is 2.76 bits per heavy atom. The van der Waals surface area contributed by atoms with Crippen LogP contribution in [0.5, 0.6) is 0 Å². The highest BCUT2D eigenvalue weighted by molar-refractivity contribution is 14.0. The standard InChI is InChI=1S/C16H23N5OS2.HI/c1-12-9-18-14(24-12)6-7-17-16(20-11-15(22)21(2)3)19-10-13-5-4-8-23-13;/h4-5,8-9H,6-7,10-11H2,1-3H3,(H2,17,19,20);1H. The summed E-state index contributed by atoms with van der Waals surface area (Å²) in [6, 6.07) is 4.09. The van der Waals surface area contributed by atoms with Crippen LogP contribution in [0.1, 0.15) is 14.8 Å². The number of aromatic nitrogens is 1. The van der Waals surface area contributed by atoms with Gasteiger partial charge in [0.2, 0.25) is 5.91 Å². The highest BCUT2D eigenvalue weighted by atomic mass is 127. The molecular formula is C16H24IN5OS2. The van der Waals surface area contributed by atoms with E-state index in [0.29, 0.717) is 12.5 Å². The van der Waals surface area contributed by atoms with Crippen LogP contribution < -0.4 is 10.6 Å². The number of thiophene rings is 1. The largest absolute Gasteiger partial charge is 0.356 e. The molecule has 0 aromatic carbocycles. The molecule has 0 aliphatic carbocycles. The lowest BCUT2D eigenvalue weighted by molar-refractivity contribution is -0.127.